The molecular weight excluding hydrogens is 668 g/mol. The Bertz CT molecular complexity index is 2310. The van der Waals surface area contributed by atoms with Gasteiger partial charge in [0.15, 0.2) is 0 Å². The van der Waals surface area contributed by atoms with E-state index in [0.29, 0.717) is 36.8 Å². The van der Waals surface area contributed by atoms with E-state index in [0.717, 1.165) is 65.7 Å². The lowest BCUT2D eigenvalue weighted by Gasteiger charge is -2.10. The highest BCUT2D eigenvalue weighted by molar-refractivity contribution is 5.91. The van der Waals surface area contributed by atoms with Crippen molar-refractivity contribution in [1.82, 2.24) is 29.1 Å². The fourth-order valence-corrected chi connectivity index (χ4v) is 5.15. The number of aromatic nitrogens is 6. The van der Waals surface area contributed by atoms with Gasteiger partial charge >= 0.3 is 11.4 Å². The summed E-state index contributed by atoms with van der Waals surface area (Å²) in [5.41, 5.74) is -0.737. The van der Waals surface area contributed by atoms with Gasteiger partial charge in [-0.1, -0.05) is 14.9 Å². The van der Waals surface area contributed by atoms with Gasteiger partial charge in [0.1, 0.15) is 17.8 Å². The van der Waals surface area contributed by atoms with Gasteiger partial charge < -0.3 is 19.4 Å². The number of carbonyl (C=O) groups excluding carboxylic acids is 1. The molecule has 0 saturated heterocycles. The zero-order valence-corrected chi connectivity index (χ0v) is 27.1. The first-order chi connectivity index (χ1) is 24.4. The van der Waals surface area contributed by atoms with Gasteiger partial charge in [-0.15, -0.1) is 0 Å². The number of rotatable bonds is 14. The summed E-state index contributed by atoms with van der Waals surface area (Å²) in [6, 6.07) is 13.7. The van der Waals surface area contributed by atoms with Crippen LogP contribution in [0.1, 0.15) is 53.4 Å². The fraction of sp³-hybridized carbons (Fsp3) is 0.289. The molecule has 0 radical (unpaired) electrons. The molecule has 0 fully saturated rings. The molecule has 0 spiro atoms. The first-order valence-corrected chi connectivity index (χ1v) is 16.1. The lowest BCUT2D eigenvalue weighted by molar-refractivity contribution is -0.107. The van der Waals surface area contributed by atoms with Crippen LogP contribution in [0.2, 0.25) is 0 Å². The third-order valence-electron chi connectivity index (χ3n) is 7.64. The van der Waals surface area contributed by atoms with Crippen LogP contribution in [0.4, 0.5) is 0 Å². The first kappa shape index (κ1) is 40.3. The number of aromatic amines is 2. The van der Waals surface area contributed by atoms with Gasteiger partial charge in [-0.2, -0.15) is 0 Å². The van der Waals surface area contributed by atoms with Crippen molar-refractivity contribution in [2.45, 2.75) is 53.4 Å². The molecule has 3 N–H and O–H groups in total. The van der Waals surface area contributed by atoms with E-state index in [-0.39, 0.29) is 21.5 Å². The van der Waals surface area contributed by atoms with Crippen LogP contribution in [0.5, 0.6) is 11.5 Å². The number of nitrogens with one attached hydrogen (secondary N) is 2. The van der Waals surface area contributed by atoms with Crippen LogP contribution in [0.25, 0.3) is 32.9 Å². The highest BCUT2D eigenvalue weighted by Gasteiger charge is 2.09. The summed E-state index contributed by atoms with van der Waals surface area (Å²) in [6.07, 6.45) is 15.0. The number of nitrogens with zero attached hydrogens (tertiary/aromatic N) is 4. The Labute approximate surface area is 299 Å². The number of aliphatic hydroxyl groups is 1. The molecule has 4 aromatic heterocycles. The summed E-state index contributed by atoms with van der Waals surface area (Å²) >= 11 is 0. The number of carbonyl (C=O) groups is 1. The third kappa shape index (κ3) is 10.4. The first-order valence-electron chi connectivity index (χ1n) is 16.1. The summed E-state index contributed by atoms with van der Waals surface area (Å²) in [5.74, 6) is 1.43. The Hall–Kier alpha value is -6.15. The Balaban J connectivity index is 0.000000270. The maximum absolute atomic E-state index is 12.0. The Morgan fingerprint density at radius 1 is 0.635 bits per heavy atom. The van der Waals surface area contributed by atoms with E-state index in [1.807, 2.05) is 36.4 Å². The van der Waals surface area contributed by atoms with Crippen molar-refractivity contribution in [3.05, 3.63) is 127 Å². The van der Waals surface area contributed by atoms with Crippen LogP contribution in [-0.4, -0.2) is 60.3 Å². The van der Waals surface area contributed by atoms with E-state index in [2.05, 4.69) is 19.9 Å². The van der Waals surface area contributed by atoms with Gasteiger partial charge in [-0.3, -0.25) is 38.7 Å². The van der Waals surface area contributed by atoms with Crippen LogP contribution >= 0.6 is 0 Å². The van der Waals surface area contributed by atoms with Gasteiger partial charge in [0.2, 0.25) is 0 Å². The van der Waals surface area contributed by atoms with E-state index in [9.17, 15) is 24.0 Å². The van der Waals surface area contributed by atoms with Crippen molar-refractivity contribution >= 4 is 27.8 Å². The number of ether oxygens (including phenoxy) is 2. The summed E-state index contributed by atoms with van der Waals surface area (Å²) in [6.45, 7) is 1.32. The molecule has 0 bridgehead atoms. The van der Waals surface area contributed by atoms with Gasteiger partial charge in [-0.05, 0) is 68.5 Å². The highest BCUT2D eigenvalue weighted by atomic mass is 16.5. The molecule has 14 nitrogen and oxygen atoms in total. The second-order valence-corrected chi connectivity index (χ2v) is 11.2. The number of aliphatic hydroxyl groups excluding tert-OH is 1. The average Bonchev–Trinajstić information content (AvgIpc) is 3.11. The molecule has 0 saturated carbocycles. The Kier molecular flexibility index (Phi) is 15.4. The van der Waals surface area contributed by atoms with Crippen molar-refractivity contribution in [3.8, 4) is 22.9 Å². The molecule has 0 aliphatic carbocycles. The molecule has 2 aromatic carbocycles. The molecule has 14 heteroatoms. The highest BCUT2D eigenvalue weighted by Crippen LogP contribution is 2.26. The van der Waals surface area contributed by atoms with E-state index < -0.39 is 22.5 Å². The van der Waals surface area contributed by atoms with Crippen molar-refractivity contribution in [2.75, 3.05) is 19.8 Å². The van der Waals surface area contributed by atoms with Crippen LogP contribution in [-0.2, 0) is 4.79 Å². The molecule has 4 heterocycles. The van der Waals surface area contributed by atoms with E-state index in [1.165, 1.54) is 33.7 Å². The standard InChI is InChI=1S/C18H19N3O4.C18H17N3O4.2CH4/c2*22-8-2-1-3-9-25-14-4-5-15-13(10-14)11-19-12-16(15)21-7-6-17(23)20-18(21)24;;/h4-7,10-12,22H,1-3,8-9H2,(H,20,23,24);4-8,10-12H,1-3,9H2,(H,20,23,24);2*1H4. The van der Waals surface area contributed by atoms with Crippen molar-refractivity contribution < 1.29 is 19.4 Å². The van der Waals surface area contributed by atoms with Gasteiger partial charge in [0, 0.05) is 71.5 Å². The number of unbranched alkanes of at least 4 members (excludes halogenated alkanes) is 4. The number of benzene rings is 2. The quantitative estimate of drug-likeness (QED) is 0.105. The van der Waals surface area contributed by atoms with E-state index in [1.54, 1.807) is 24.8 Å². The Morgan fingerprint density at radius 3 is 1.56 bits per heavy atom. The van der Waals surface area contributed by atoms with Crippen LogP contribution in [0.3, 0.4) is 0 Å². The second-order valence-electron chi connectivity index (χ2n) is 11.2. The maximum atomic E-state index is 12.0. The average molecular weight is 713 g/mol. The summed E-state index contributed by atoms with van der Waals surface area (Å²) in [7, 11) is 0. The van der Waals surface area contributed by atoms with Crippen LogP contribution in [0, 0.1) is 0 Å². The van der Waals surface area contributed by atoms with E-state index >= 15 is 0 Å². The molecule has 0 aliphatic heterocycles. The molecule has 274 valence electrons. The summed E-state index contributed by atoms with van der Waals surface area (Å²) in [5, 5.41) is 12.1. The smallest absolute Gasteiger partial charge is 0.332 e. The van der Waals surface area contributed by atoms with Gasteiger partial charge in [-0.25, -0.2) is 9.59 Å². The molecule has 52 heavy (non-hydrogen) atoms. The number of H-pyrrole nitrogens is 2. The summed E-state index contributed by atoms with van der Waals surface area (Å²) < 4.78 is 14.1. The molecule has 0 atom stereocenters. The number of aldehydes is 1. The predicted octanol–water partition coefficient (Wildman–Crippen LogP) is 4.71. The predicted molar refractivity (Wildman–Crippen MR) is 201 cm³/mol. The second kappa shape index (κ2) is 19.9. The number of pyridine rings is 2. The van der Waals surface area contributed by atoms with Gasteiger partial charge in [0.25, 0.3) is 11.1 Å². The molecule has 0 amide bonds. The monoisotopic (exact) mass is 712 g/mol. The topological polar surface area (TPSA) is 191 Å². The van der Waals surface area contributed by atoms with Crippen LogP contribution in [0.15, 0.2) is 105 Å². The largest absolute Gasteiger partial charge is 0.494 e. The van der Waals surface area contributed by atoms with Crippen molar-refractivity contribution in [2.24, 2.45) is 0 Å². The molecule has 0 unspecified atom stereocenters. The Morgan fingerprint density at radius 2 is 1.12 bits per heavy atom. The normalized spacial score (nSPS) is 10.4. The lowest BCUT2D eigenvalue weighted by Crippen LogP contribution is -2.27. The minimum atomic E-state index is -0.516. The molecule has 0 aliphatic rings. The third-order valence-corrected chi connectivity index (χ3v) is 7.64. The van der Waals surface area contributed by atoms with E-state index in [4.69, 9.17) is 14.6 Å². The molecular formula is C38H44N6O8. The SMILES string of the molecule is C.C.O=CCCCCOc1ccc2c(-n3ccc(=O)[nH]c3=O)cncc2c1.O=c1ccn(-c2cncc3cc(OCCCCCO)ccc23)c(=O)[nH]1. The van der Waals surface area contributed by atoms with Crippen molar-refractivity contribution in [3.63, 3.8) is 0 Å². The van der Waals surface area contributed by atoms with Gasteiger partial charge in [0.05, 0.1) is 37.0 Å². The minimum Gasteiger partial charge on any atom is -0.494 e. The lowest BCUT2D eigenvalue weighted by atomic mass is 10.1. The van der Waals surface area contributed by atoms with Crippen molar-refractivity contribution in [1.29, 1.82) is 0 Å². The fourth-order valence-electron chi connectivity index (χ4n) is 5.15. The number of hydrogen-bond donors (Lipinski definition) is 3. The molecule has 6 aromatic rings. The maximum Gasteiger partial charge on any atom is 0.332 e. The van der Waals surface area contributed by atoms with Crippen LogP contribution < -0.4 is 32.0 Å². The number of hydrogen-bond acceptors (Lipinski definition) is 10. The zero-order valence-electron chi connectivity index (χ0n) is 27.1. The molecule has 6 rings (SSSR count). The minimum absolute atomic E-state index is 0. The zero-order chi connectivity index (χ0) is 35.3. The summed E-state index contributed by atoms with van der Waals surface area (Å²) in [4.78, 5) is 69.6. The number of fused-ring (bicyclic) bond motifs is 2.